The molecular formula is C12H17NO2. The number of hydrogen-bond acceptors (Lipinski definition) is 3. The Labute approximate surface area is 89.8 Å². The van der Waals surface area contributed by atoms with Gasteiger partial charge in [0.15, 0.2) is 0 Å². The standard InChI is InChI=1S/C12H17NO2/c1-2-11(15-5-1)12(8-14-9-12)6-10-3-4-13-7-10/h1-2,5,10,13H,3-4,6-9H2. The molecule has 0 spiro atoms. The lowest BCUT2D eigenvalue weighted by Crippen LogP contribution is -2.48. The van der Waals surface area contributed by atoms with E-state index in [1.54, 1.807) is 6.26 Å². The Bertz CT molecular complexity index is 310. The summed E-state index contributed by atoms with van der Waals surface area (Å²) in [6, 6.07) is 4.06. The van der Waals surface area contributed by atoms with Crippen molar-refractivity contribution in [3.8, 4) is 0 Å². The summed E-state index contributed by atoms with van der Waals surface area (Å²) >= 11 is 0. The van der Waals surface area contributed by atoms with Gasteiger partial charge in [-0.05, 0) is 44.0 Å². The molecule has 1 atom stereocenters. The van der Waals surface area contributed by atoms with Crippen molar-refractivity contribution in [2.24, 2.45) is 5.92 Å². The van der Waals surface area contributed by atoms with Crippen LogP contribution in [0.1, 0.15) is 18.6 Å². The van der Waals surface area contributed by atoms with Gasteiger partial charge in [0, 0.05) is 0 Å². The van der Waals surface area contributed by atoms with Gasteiger partial charge in [-0.2, -0.15) is 0 Å². The zero-order valence-electron chi connectivity index (χ0n) is 8.87. The van der Waals surface area contributed by atoms with Crippen LogP contribution in [-0.2, 0) is 10.2 Å². The quantitative estimate of drug-likeness (QED) is 0.816. The van der Waals surface area contributed by atoms with Gasteiger partial charge in [-0.15, -0.1) is 0 Å². The molecule has 0 aliphatic carbocycles. The third kappa shape index (κ3) is 1.60. The van der Waals surface area contributed by atoms with Crippen LogP contribution in [-0.4, -0.2) is 26.3 Å². The first-order valence-corrected chi connectivity index (χ1v) is 5.72. The lowest BCUT2D eigenvalue weighted by molar-refractivity contribution is -0.0803. The van der Waals surface area contributed by atoms with Crippen molar-refractivity contribution in [2.75, 3.05) is 26.3 Å². The van der Waals surface area contributed by atoms with Gasteiger partial charge in [-0.3, -0.25) is 0 Å². The van der Waals surface area contributed by atoms with Crippen molar-refractivity contribution >= 4 is 0 Å². The fourth-order valence-electron chi connectivity index (χ4n) is 2.73. The molecule has 82 valence electrons. The summed E-state index contributed by atoms with van der Waals surface area (Å²) in [5.74, 6) is 1.90. The molecule has 2 fully saturated rings. The lowest BCUT2D eigenvalue weighted by atomic mass is 9.75. The van der Waals surface area contributed by atoms with Crippen LogP contribution in [0.5, 0.6) is 0 Å². The Hall–Kier alpha value is -0.800. The molecule has 0 amide bonds. The third-order valence-electron chi connectivity index (χ3n) is 3.64. The molecule has 2 aliphatic heterocycles. The zero-order chi connectivity index (χ0) is 10.1. The topological polar surface area (TPSA) is 34.4 Å². The average molecular weight is 207 g/mol. The van der Waals surface area contributed by atoms with E-state index < -0.39 is 0 Å². The second-order valence-electron chi connectivity index (χ2n) is 4.81. The molecule has 1 N–H and O–H groups in total. The summed E-state index contributed by atoms with van der Waals surface area (Å²) in [5, 5.41) is 3.42. The summed E-state index contributed by atoms with van der Waals surface area (Å²) < 4.78 is 10.9. The van der Waals surface area contributed by atoms with E-state index in [1.807, 2.05) is 6.07 Å². The second kappa shape index (κ2) is 3.65. The summed E-state index contributed by atoms with van der Waals surface area (Å²) in [6.07, 6.45) is 4.26. The van der Waals surface area contributed by atoms with Crippen molar-refractivity contribution in [1.29, 1.82) is 0 Å². The molecule has 15 heavy (non-hydrogen) atoms. The van der Waals surface area contributed by atoms with Crippen molar-refractivity contribution in [3.63, 3.8) is 0 Å². The summed E-state index contributed by atoms with van der Waals surface area (Å²) in [7, 11) is 0. The average Bonchev–Trinajstić information content (AvgIpc) is 2.84. The molecule has 3 heterocycles. The monoisotopic (exact) mass is 207 g/mol. The summed E-state index contributed by atoms with van der Waals surface area (Å²) in [4.78, 5) is 0. The molecule has 0 aromatic carbocycles. The van der Waals surface area contributed by atoms with Crippen LogP contribution >= 0.6 is 0 Å². The minimum atomic E-state index is 0.181. The molecule has 0 saturated carbocycles. The second-order valence-corrected chi connectivity index (χ2v) is 4.81. The largest absolute Gasteiger partial charge is 0.469 e. The Morgan fingerprint density at radius 2 is 2.40 bits per heavy atom. The molecule has 1 unspecified atom stereocenters. The molecule has 3 nitrogen and oxygen atoms in total. The number of rotatable bonds is 3. The first kappa shape index (κ1) is 9.43. The van der Waals surface area contributed by atoms with E-state index in [1.165, 1.54) is 19.4 Å². The van der Waals surface area contributed by atoms with Crippen molar-refractivity contribution in [1.82, 2.24) is 5.32 Å². The molecule has 3 rings (SSSR count). The molecular weight excluding hydrogens is 190 g/mol. The maximum absolute atomic E-state index is 5.55. The van der Waals surface area contributed by atoms with Crippen LogP contribution in [0.4, 0.5) is 0 Å². The Kier molecular flexibility index (Phi) is 2.29. The van der Waals surface area contributed by atoms with Crippen LogP contribution in [0.15, 0.2) is 22.8 Å². The van der Waals surface area contributed by atoms with Gasteiger partial charge in [0.05, 0.1) is 24.9 Å². The van der Waals surface area contributed by atoms with Crippen molar-refractivity contribution in [3.05, 3.63) is 24.2 Å². The van der Waals surface area contributed by atoms with Gasteiger partial charge in [-0.1, -0.05) is 0 Å². The van der Waals surface area contributed by atoms with Crippen LogP contribution in [0.3, 0.4) is 0 Å². The summed E-state index contributed by atoms with van der Waals surface area (Å²) in [6.45, 7) is 3.98. The highest BCUT2D eigenvalue weighted by atomic mass is 16.5. The van der Waals surface area contributed by atoms with Gasteiger partial charge in [0.2, 0.25) is 0 Å². The molecule has 2 aliphatic rings. The summed E-state index contributed by atoms with van der Waals surface area (Å²) in [5.41, 5.74) is 0.181. The Morgan fingerprint density at radius 3 is 2.93 bits per heavy atom. The van der Waals surface area contributed by atoms with E-state index in [4.69, 9.17) is 9.15 Å². The third-order valence-corrected chi connectivity index (χ3v) is 3.64. The highest BCUT2D eigenvalue weighted by Gasteiger charge is 2.44. The highest BCUT2D eigenvalue weighted by Crippen LogP contribution is 2.39. The fourth-order valence-corrected chi connectivity index (χ4v) is 2.73. The van der Waals surface area contributed by atoms with Gasteiger partial charge in [-0.25, -0.2) is 0 Å². The van der Waals surface area contributed by atoms with Gasteiger partial charge >= 0.3 is 0 Å². The smallest absolute Gasteiger partial charge is 0.114 e. The Balaban J connectivity index is 1.75. The van der Waals surface area contributed by atoms with Crippen LogP contribution < -0.4 is 5.32 Å². The van der Waals surface area contributed by atoms with E-state index in [9.17, 15) is 0 Å². The first-order chi connectivity index (χ1) is 7.39. The van der Waals surface area contributed by atoms with Gasteiger partial charge in [0.1, 0.15) is 5.76 Å². The number of hydrogen-bond donors (Lipinski definition) is 1. The van der Waals surface area contributed by atoms with E-state index in [0.29, 0.717) is 0 Å². The molecule has 1 aromatic rings. The molecule has 0 bridgehead atoms. The maximum Gasteiger partial charge on any atom is 0.114 e. The zero-order valence-corrected chi connectivity index (χ0v) is 8.87. The van der Waals surface area contributed by atoms with Gasteiger partial charge in [0.25, 0.3) is 0 Å². The number of furan rings is 1. The minimum absolute atomic E-state index is 0.181. The van der Waals surface area contributed by atoms with E-state index in [-0.39, 0.29) is 5.41 Å². The molecule has 3 heteroatoms. The Morgan fingerprint density at radius 1 is 1.47 bits per heavy atom. The van der Waals surface area contributed by atoms with Gasteiger partial charge < -0.3 is 14.5 Å². The molecule has 1 aromatic heterocycles. The number of ether oxygens (including phenoxy) is 1. The minimum Gasteiger partial charge on any atom is -0.469 e. The SMILES string of the molecule is c1coc(C2(CC3CCNC3)COC2)c1. The maximum atomic E-state index is 5.55. The van der Waals surface area contributed by atoms with E-state index >= 15 is 0 Å². The predicted molar refractivity (Wildman–Crippen MR) is 56.8 cm³/mol. The van der Waals surface area contributed by atoms with E-state index in [0.717, 1.165) is 31.4 Å². The van der Waals surface area contributed by atoms with Crippen molar-refractivity contribution in [2.45, 2.75) is 18.3 Å². The predicted octanol–water partition coefficient (Wildman–Crippen LogP) is 1.55. The van der Waals surface area contributed by atoms with Crippen LogP contribution in [0, 0.1) is 5.92 Å². The lowest BCUT2D eigenvalue weighted by Gasteiger charge is -2.41. The van der Waals surface area contributed by atoms with Crippen molar-refractivity contribution < 1.29 is 9.15 Å². The molecule has 0 radical (unpaired) electrons. The van der Waals surface area contributed by atoms with Crippen LogP contribution in [0.2, 0.25) is 0 Å². The van der Waals surface area contributed by atoms with E-state index in [2.05, 4.69) is 11.4 Å². The normalized spacial score (nSPS) is 28.9. The fraction of sp³-hybridized carbons (Fsp3) is 0.667. The highest BCUT2D eigenvalue weighted by molar-refractivity contribution is 5.18. The number of nitrogens with one attached hydrogen (secondary N) is 1. The molecule has 2 saturated heterocycles. The van der Waals surface area contributed by atoms with Crippen LogP contribution in [0.25, 0.3) is 0 Å². The first-order valence-electron chi connectivity index (χ1n) is 5.72.